The van der Waals surface area contributed by atoms with Gasteiger partial charge in [0.1, 0.15) is 0 Å². The second kappa shape index (κ2) is 5.72. The maximum Gasteiger partial charge on any atom is 0.0327 e. The van der Waals surface area contributed by atoms with E-state index in [9.17, 15) is 0 Å². The van der Waals surface area contributed by atoms with E-state index in [-0.39, 0.29) is 8.65 Å². The molecule has 0 aliphatic carbocycles. The number of hydrogen-bond acceptors (Lipinski definition) is 0. The summed E-state index contributed by atoms with van der Waals surface area (Å²) in [6, 6.07) is 0. The molecule has 0 aliphatic rings. The first kappa shape index (κ1) is 13.9. The highest BCUT2D eigenvalue weighted by molar-refractivity contribution is 9.12. The first-order chi connectivity index (χ1) is 5.33. The summed E-state index contributed by atoms with van der Waals surface area (Å²) in [5.41, 5.74) is 0. The van der Waals surface area contributed by atoms with Crippen molar-refractivity contribution in [2.75, 3.05) is 10.7 Å². The van der Waals surface area contributed by atoms with Gasteiger partial charge in [0, 0.05) is 19.3 Å². The zero-order valence-corrected chi connectivity index (χ0v) is 13.7. The highest BCUT2D eigenvalue weighted by Crippen LogP contribution is 2.33. The Bertz CT molecular complexity index is 115. The molecule has 0 spiro atoms. The van der Waals surface area contributed by atoms with Crippen molar-refractivity contribution in [2.24, 2.45) is 0 Å². The first-order valence-electron chi connectivity index (χ1n) is 3.83. The van der Waals surface area contributed by atoms with E-state index in [4.69, 9.17) is 0 Å². The fraction of sp³-hybridized carbons (Fsp3) is 1.00. The Morgan fingerprint density at radius 3 is 1.25 bits per heavy atom. The van der Waals surface area contributed by atoms with Crippen LogP contribution in [0.1, 0.15) is 26.7 Å². The molecule has 0 unspecified atom stereocenters. The topological polar surface area (TPSA) is 0 Å². The second-order valence-electron chi connectivity index (χ2n) is 3.59. The standard InChI is InChI=1S/C8H14Br4/c1-7(11,5-9)3-4-8(2,12)6-10/h3-6H2,1-2H3/t7-,8-/m0/s1. The molecule has 0 aromatic rings. The molecule has 0 nitrogen and oxygen atoms in total. The van der Waals surface area contributed by atoms with Crippen LogP contribution >= 0.6 is 63.7 Å². The summed E-state index contributed by atoms with van der Waals surface area (Å²) in [6.45, 7) is 4.41. The average molecular weight is 430 g/mol. The van der Waals surface area contributed by atoms with E-state index in [0.717, 1.165) is 23.5 Å². The van der Waals surface area contributed by atoms with Crippen molar-refractivity contribution in [1.29, 1.82) is 0 Å². The molecule has 74 valence electrons. The lowest BCUT2D eigenvalue weighted by molar-refractivity contribution is 0.559. The first-order valence-corrected chi connectivity index (χ1v) is 7.66. The molecule has 0 N–H and O–H groups in total. The molecule has 0 aromatic heterocycles. The highest BCUT2D eigenvalue weighted by atomic mass is 79.9. The third-order valence-electron chi connectivity index (χ3n) is 1.72. The van der Waals surface area contributed by atoms with Crippen LogP contribution in [-0.4, -0.2) is 19.3 Å². The number of alkyl halides is 4. The number of hydrogen-bond donors (Lipinski definition) is 0. The predicted molar refractivity (Wildman–Crippen MR) is 71.5 cm³/mol. The minimum absolute atomic E-state index is 0.226. The largest absolute Gasteiger partial charge is 0.0913 e. The molecule has 0 fully saturated rings. The normalized spacial score (nSPS) is 21.5. The molecule has 0 saturated carbocycles. The molecule has 0 bridgehead atoms. The average Bonchev–Trinajstić information content (AvgIpc) is 2.02. The maximum absolute atomic E-state index is 3.68. The summed E-state index contributed by atoms with van der Waals surface area (Å²) in [4.78, 5) is 0. The Morgan fingerprint density at radius 2 is 1.08 bits per heavy atom. The summed E-state index contributed by atoms with van der Waals surface area (Å²) in [6.07, 6.45) is 2.32. The van der Waals surface area contributed by atoms with Crippen molar-refractivity contribution in [2.45, 2.75) is 35.3 Å². The number of rotatable bonds is 5. The van der Waals surface area contributed by atoms with Crippen molar-refractivity contribution in [3.8, 4) is 0 Å². The Hall–Kier alpha value is 1.92. The van der Waals surface area contributed by atoms with Gasteiger partial charge in [-0.15, -0.1) is 0 Å². The summed E-state index contributed by atoms with van der Waals surface area (Å²) in [5, 5.41) is 1.98. The van der Waals surface area contributed by atoms with Crippen molar-refractivity contribution >= 4 is 63.7 Å². The van der Waals surface area contributed by atoms with Crippen LogP contribution in [-0.2, 0) is 0 Å². The van der Waals surface area contributed by atoms with Crippen LogP contribution in [0.25, 0.3) is 0 Å². The van der Waals surface area contributed by atoms with Gasteiger partial charge in [-0.2, -0.15) is 0 Å². The monoisotopic (exact) mass is 426 g/mol. The lowest BCUT2D eigenvalue weighted by Crippen LogP contribution is -2.25. The Morgan fingerprint density at radius 1 is 0.833 bits per heavy atom. The van der Waals surface area contributed by atoms with Crippen LogP contribution in [0.15, 0.2) is 0 Å². The molecule has 0 radical (unpaired) electrons. The molecular formula is C8H14Br4. The van der Waals surface area contributed by atoms with Crippen molar-refractivity contribution in [3.63, 3.8) is 0 Å². The van der Waals surface area contributed by atoms with E-state index in [2.05, 4.69) is 77.6 Å². The van der Waals surface area contributed by atoms with Gasteiger partial charge in [0.15, 0.2) is 0 Å². The van der Waals surface area contributed by atoms with Crippen LogP contribution in [0.4, 0.5) is 0 Å². The zero-order valence-electron chi connectivity index (χ0n) is 7.34. The maximum atomic E-state index is 3.68. The van der Waals surface area contributed by atoms with E-state index in [1.54, 1.807) is 0 Å². The molecule has 0 rings (SSSR count). The molecule has 12 heavy (non-hydrogen) atoms. The summed E-state index contributed by atoms with van der Waals surface area (Å²) < 4.78 is 0.453. The van der Waals surface area contributed by atoms with Gasteiger partial charge < -0.3 is 0 Å². The Balaban J connectivity index is 3.82. The van der Waals surface area contributed by atoms with E-state index < -0.39 is 0 Å². The van der Waals surface area contributed by atoms with Gasteiger partial charge in [0.05, 0.1) is 0 Å². The summed E-state index contributed by atoms with van der Waals surface area (Å²) in [5.74, 6) is 0. The van der Waals surface area contributed by atoms with Crippen LogP contribution in [0.3, 0.4) is 0 Å². The third-order valence-corrected chi connectivity index (χ3v) is 7.06. The Labute approximate surface area is 109 Å². The van der Waals surface area contributed by atoms with Gasteiger partial charge in [-0.3, -0.25) is 0 Å². The molecule has 0 aliphatic heterocycles. The van der Waals surface area contributed by atoms with Crippen LogP contribution in [0.5, 0.6) is 0 Å². The van der Waals surface area contributed by atoms with Gasteiger partial charge >= 0.3 is 0 Å². The minimum atomic E-state index is 0.226. The van der Waals surface area contributed by atoms with E-state index in [1.807, 2.05) is 0 Å². The third kappa shape index (κ3) is 6.39. The van der Waals surface area contributed by atoms with Gasteiger partial charge in [0.2, 0.25) is 0 Å². The van der Waals surface area contributed by atoms with Crippen molar-refractivity contribution in [1.82, 2.24) is 0 Å². The van der Waals surface area contributed by atoms with E-state index in [1.165, 1.54) is 0 Å². The van der Waals surface area contributed by atoms with Gasteiger partial charge in [-0.1, -0.05) is 63.7 Å². The fourth-order valence-electron chi connectivity index (χ4n) is 0.655. The summed E-state index contributed by atoms with van der Waals surface area (Å²) in [7, 11) is 0. The molecule has 2 atom stereocenters. The van der Waals surface area contributed by atoms with E-state index in [0.29, 0.717) is 0 Å². The quantitative estimate of drug-likeness (QED) is 0.547. The SMILES string of the molecule is C[C@@](Br)(CBr)CC[C@](C)(Br)CBr. The highest BCUT2D eigenvalue weighted by Gasteiger charge is 2.25. The van der Waals surface area contributed by atoms with Gasteiger partial charge in [0.25, 0.3) is 0 Å². The molecule has 0 heterocycles. The Kier molecular flexibility index (Phi) is 6.63. The lowest BCUT2D eigenvalue weighted by Gasteiger charge is -2.25. The second-order valence-corrected chi connectivity index (χ2v) is 8.54. The molecular weight excluding hydrogens is 416 g/mol. The molecule has 4 heteroatoms. The lowest BCUT2D eigenvalue weighted by atomic mass is 10.0. The van der Waals surface area contributed by atoms with Gasteiger partial charge in [-0.05, 0) is 26.7 Å². The zero-order chi connectivity index (χ0) is 9.83. The summed E-state index contributed by atoms with van der Waals surface area (Å²) >= 11 is 14.3. The van der Waals surface area contributed by atoms with Crippen LogP contribution in [0.2, 0.25) is 0 Å². The van der Waals surface area contributed by atoms with Crippen molar-refractivity contribution in [3.05, 3.63) is 0 Å². The van der Waals surface area contributed by atoms with Gasteiger partial charge in [-0.25, -0.2) is 0 Å². The van der Waals surface area contributed by atoms with Crippen LogP contribution in [0, 0.1) is 0 Å². The predicted octanol–water partition coefficient (Wildman–Crippen LogP) is 4.86. The number of halogens is 4. The molecule has 0 aromatic carbocycles. The smallest absolute Gasteiger partial charge is 0.0327 e. The molecule has 0 amide bonds. The minimum Gasteiger partial charge on any atom is -0.0913 e. The van der Waals surface area contributed by atoms with Crippen molar-refractivity contribution < 1.29 is 0 Å². The van der Waals surface area contributed by atoms with E-state index >= 15 is 0 Å². The fourth-order valence-corrected chi connectivity index (χ4v) is 1.61. The molecule has 0 saturated heterocycles. The van der Waals surface area contributed by atoms with Crippen LogP contribution < -0.4 is 0 Å².